The van der Waals surface area contributed by atoms with Crippen LogP contribution in [-0.4, -0.2) is 43.2 Å². The molecule has 1 aromatic heterocycles. The van der Waals surface area contributed by atoms with E-state index in [1.165, 1.54) is 12.8 Å². The van der Waals surface area contributed by atoms with Crippen molar-refractivity contribution in [2.45, 2.75) is 25.3 Å². The summed E-state index contributed by atoms with van der Waals surface area (Å²) in [4.78, 5) is 10.6. The summed E-state index contributed by atoms with van der Waals surface area (Å²) in [6.45, 7) is 2.22. The van der Waals surface area contributed by atoms with Crippen LogP contribution in [0.15, 0.2) is 12.3 Å². The SMILES string of the molecule is CN(C)c1nccc(NC2CCCNCC2)n1. The molecule has 0 saturated carbocycles. The molecule has 1 atom stereocenters. The summed E-state index contributed by atoms with van der Waals surface area (Å²) in [5, 5.41) is 6.91. The van der Waals surface area contributed by atoms with Gasteiger partial charge < -0.3 is 15.5 Å². The largest absolute Gasteiger partial charge is 0.367 e. The van der Waals surface area contributed by atoms with Crippen molar-refractivity contribution >= 4 is 11.8 Å². The van der Waals surface area contributed by atoms with Crippen LogP contribution < -0.4 is 15.5 Å². The van der Waals surface area contributed by atoms with E-state index in [2.05, 4.69) is 20.6 Å². The van der Waals surface area contributed by atoms with Gasteiger partial charge in [-0.25, -0.2) is 4.98 Å². The van der Waals surface area contributed by atoms with Gasteiger partial charge in [-0.2, -0.15) is 4.98 Å². The number of nitrogens with one attached hydrogen (secondary N) is 2. The first-order chi connectivity index (χ1) is 8.25. The van der Waals surface area contributed by atoms with Crippen molar-refractivity contribution in [1.29, 1.82) is 0 Å². The van der Waals surface area contributed by atoms with Crippen molar-refractivity contribution < 1.29 is 0 Å². The zero-order chi connectivity index (χ0) is 12.1. The van der Waals surface area contributed by atoms with Crippen molar-refractivity contribution in [2.24, 2.45) is 0 Å². The quantitative estimate of drug-likeness (QED) is 0.821. The van der Waals surface area contributed by atoms with Crippen LogP contribution in [0.25, 0.3) is 0 Å². The molecule has 0 aliphatic carbocycles. The van der Waals surface area contributed by atoms with Crippen molar-refractivity contribution in [3.05, 3.63) is 12.3 Å². The molecule has 17 heavy (non-hydrogen) atoms. The Kier molecular flexibility index (Phi) is 4.14. The minimum atomic E-state index is 0.523. The van der Waals surface area contributed by atoms with Gasteiger partial charge in [0.1, 0.15) is 5.82 Å². The smallest absolute Gasteiger partial charge is 0.226 e. The maximum atomic E-state index is 4.48. The number of rotatable bonds is 3. The molecule has 2 N–H and O–H groups in total. The molecule has 1 saturated heterocycles. The van der Waals surface area contributed by atoms with E-state index < -0.39 is 0 Å². The molecule has 2 heterocycles. The Labute approximate surface area is 103 Å². The van der Waals surface area contributed by atoms with Crippen LogP contribution in [0.4, 0.5) is 11.8 Å². The third-order valence-electron chi connectivity index (χ3n) is 2.97. The molecule has 94 valence electrons. The van der Waals surface area contributed by atoms with Crippen LogP contribution in [0.5, 0.6) is 0 Å². The first-order valence-electron chi connectivity index (χ1n) is 6.23. The van der Waals surface area contributed by atoms with Crippen molar-refractivity contribution in [3.8, 4) is 0 Å². The van der Waals surface area contributed by atoms with E-state index in [-0.39, 0.29) is 0 Å². The van der Waals surface area contributed by atoms with Gasteiger partial charge in [0, 0.05) is 26.3 Å². The second-order valence-electron chi connectivity index (χ2n) is 4.66. The van der Waals surface area contributed by atoms with Gasteiger partial charge in [-0.05, 0) is 38.4 Å². The van der Waals surface area contributed by atoms with Gasteiger partial charge in [-0.3, -0.25) is 0 Å². The molecule has 2 rings (SSSR count). The highest BCUT2D eigenvalue weighted by atomic mass is 15.2. The Hall–Kier alpha value is -1.36. The first-order valence-corrected chi connectivity index (χ1v) is 6.23. The lowest BCUT2D eigenvalue weighted by molar-refractivity contribution is 0.634. The Morgan fingerprint density at radius 1 is 1.35 bits per heavy atom. The van der Waals surface area contributed by atoms with Gasteiger partial charge in [0.2, 0.25) is 5.95 Å². The van der Waals surface area contributed by atoms with E-state index in [1.54, 1.807) is 6.20 Å². The van der Waals surface area contributed by atoms with Crippen LogP contribution in [-0.2, 0) is 0 Å². The average Bonchev–Trinajstić information content (AvgIpc) is 2.58. The summed E-state index contributed by atoms with van der Waals surface area (Å²) in [6.07, 6.45) is 5.39. The third kappa shape index (κ3) is 3.56. The molecule has 1 aliphatic rings. The lowest BCUT2D eigenvalue weighted by Crippen LogP contribution is -2.22. The highest BCUT2D eigenvalue weighted by Crippen LogP contribution is 2.13. The zero-order valence-electron chi connectivity index (χ0n) is 10.6. The van der Waals surface area contributed by atoms with E-state index in [0.29, 0.717) is 6.04 Å². The summed E-state index contributed by atoms with van der Waals surface area (Å²) in [7, 11) is 3.91. The second kappa shape index (κ2) is 5.82. The third-order valence-corrected chi connectivity index (χ3v) is 2.97. The molecule has 0 bridgehead atoms. The van der Waals surface area contributed by atoms with Gasteiger partial charge >= 0.3 is 0 Å². The average molecular weight is 235 g/mol. The number of hydrogen-bond acceptors (Lipinski definition) is 5. The number of anilines is 2. The van der Waals surface area contributed by atoms with Crippen LogP contribution in [0.2, 0.25) is 0 Å². The minimum Gasteiger partial charge on any atom is -0.367 e. The van der Waals surface area contributed by atoms with Crippen molar-refractivity contribution in [2.75, 3.05) is 37.4 Å². The summed E-state index contributed by atoms with van der Waals surface area (Å²) < 4.78 is 0. The first kappa shape index (κ1) is 12.1. The molecule has 5 nitrogen and oxygen atoms in total. The van der Waals surface area contributed by atoms with Crippen molar-refractivity contribution in [3.63, 3.8) is 0 Å². The molecule has 5 heteroatoms. The van der Waals surface area contributed by atoms with Crippen molar-refractivity contribution in [1.82, 2.24) is 15.3 Å². The number of hydrogen-bond donors (Lipinski definition) is 2. The van der Waals surface area contributed by atoms with Crippen LogP contribution in [0.1, 0.15) is 19.3 Å². The molecule has 0 radical (unpaired) electrons. The number of nitrogens with zero attached hydrogens (tertiary/aromatic N) is 3. The maximum absolute atomic E-state index is 4.48. The monoisotopic (exact) mass is 235 g/mol. The van der Waals surface area contributed by atoms with Crippen LogP contribution in [0, 0.1) is 0 Å². The molecular weight excluding hydrogens is 214 g/mol. The van der Waals surface area contributed by atoms with Crippen LogP contribution >= 0.6 is 0 Å². The van der Waals surface area contributed by atoms with Gasteiger partial charge in [-0.1, -0.05) is 0 Å². The standard InChI is InChI=1S/C12H21N5/c1-17(2)12-14-9-6-11(16-12)15-10-4-3-7-13-8-5-10/h6,9-10,13H,3-5,7-8H2,1-2H3,(H,14,15,16). The fourth-order valence-corrected chi connectivity index (χ4v) is 2.02. The second-order valence-corrected chi connectivity index (χ2v) is 4.66. The molecule has 0 aromatic carbocycles. The predicted octanol–water partition coefficient (Wildman–Crippen LogP) is 1.10. The molecule has 1 fully saturated rings. The van der Waals surface area contributed by atoms with E-state index in [4.69, 9.17) is 0 Å². The van der Waals surface area contributed by atoms with Gasteiger partial charge in [-0.15, -0.1) is 0 Å². The van der Waals surface area contributed by atoms with E-state index in [1.807, 2.05) is 25.1 Å². The minimum absolute atomic E-state index is 0.523. The Morgan fingerprint density at radius 3 is 3.06 bits per heavy atom. The van der Waals surface area contributed by atoms with Gasteiger partial charge in [0.05, 0.1) is 0 Å². The number of aromatic nitrogens is 2. The van der Waals surface area contributed by atoms with Crippen LogP contribution in [0.3, 0.4) is 0 Å². The molecule has 0 spiro atoms. The van der Waals surface area contributed by atoms with E-state index >= 15 is 0 Å². The molecular formula is C12H21N5. The highest BCUT2D eigenvalue weighted by Gasteiger charge is 2.12. The lowest BCUT2D eigenvalue weighted by atomic mass is 10.1. The summed E-state index contributed by atoms with van der Waals surface area (Å²) in [5.74, 6) is 1.68. The normalized spacial score (nSPS) is 20.7. The lowest BCUT2D eigenvalue weighted by Gasteiger charge is -2.17. The van der Waals surface area contributed by atoms with E-state index in [9.17, 15) is 0 Å². The van der Waals surface area contributed by atoms with Gasteiger partial charge in [0.25, 0.3) is 0 Å². The summed E-state index contributed by atoms with van der Waals surface area (Å²) >= 11 is 0. The zero-order valence-corrected chi connectivity index (χ0v) is 10.6. The topological polar surface area (TPSA) is 53.1 Å². The molecule has 1 unspecified atom stereocenters. The maximum Gasteiger partial charge on any atom is 0.226 e. The molecule has 1 aromatic rings. The fourth-order valence-electron chi connectivity index (χ4n) is 2.02. The summed E-state index contributed by atoms with van der Waals surface area (Å²) in [5.41, 5.74) is 0. The van der Waals surface area contributed by atoms with E-state index in [0.717, 1.165) is 31.3 Å². The Balaban J connectivity index is 1.99. The Morgan fingerprint density at radius 2 is 2.24 bits per heavy atom. The predicted molar refractivity (Wildman–Crippen MR) is 70.5 cm³/mol. The Bertz CT molecular complexity index is 345. The molecule has 1 aliphatic heterocycles. The summed E-state index contributed by atoms with van der Waals surface area (Å²) in [6, 6.07) is 2.46. The van der Waals surface area contributed by atoms with Gasteiger partial charge in [0.15, 0.2) is 0 Å². The molecule has 0 amide bonds. The fraction of sp³-hybridized carbons (Fsp3) is 0.667. The highest BCUT2D eigenvalue weighted by molar-refractivity contribution is 5.41.